The standard InChI is InChI=1S/C10H12N4O2/c1-2-16-8-3-7(4-11-5-8)10(15)9-6-12-14-13-9/h3-6,10,15H,2H2,1H3,(H,12,13,14). The Morgan fingerprint density at radius 1 is 1.44 bits per heavy atom. The molecule has 0 amide bonds. The molecule has 0 spiro atoms. The van der Waals surface area contributed by atoms with E-state index in [1.165, 1.54) is 6.20 Å². The fraction of sp³-hybridized carbons (Fsp3) is 0.300. The Hall–Kier alpha value is -1.95. The van der Waals surface area contributed by atoms with E-state index in [4.69, 9.17) is 4.74 Å². The van der Waals surface area contributed by atoms with Crippen molar-refractivity contribution in [3.63, 3.8) is 0 Å². The van der Waals surface area contributed by atoms with E-state index >= 15 is 0 Å². The summed E-state index contributed by atoms with van der Waals surface area (Å²) in [6, 6.07) is 1.73. The van der Waals surface area contributed by atoms with Gasteiger partial charge in [-0.25, -0.2) is 0 Å². The van der Waals surface area contributed by atoms with Crippen LogP contribution in [0.3, 0.4) is 0 Å². The number of nitrogens with zero attached hydrogens (tertiary/aromatic N) is 3. The van der Waals surface area contributed by atoms with Gasteiger partial charge in [-0.1, -0.05) is 0 Å². The van der Waals surface area contributed by atoms with Crippen molar-refractivity contribution >= 4 is 0 Å². The first-order chi connectivity index (χ1) is 7.81. The molecule has 0 aliphatic heterocycles. The molecule has 6 nitrogen and oxygen atoms in total. The van der Waals surface area contributed by atoms with Gasteiger partial charge in [0.15, 0.2) is 0 Å². The second kappa shape index (κ2) is 4.71. The van der Waals surface area contributed by atoms with Crippen LogP contribution in [-0.4, -0.2) is 32.1 Å². The largest absolute Gasteiger partial charge is 0.492 e. The first-order valence-electron chi connectivity index (χ1n) is 4.92. The second-order valence-corrected chi connectivity index (χ2v) is 3.18. The summed E-state index contributed by atoms with van der Waals surface area (Å²) >= 11 is 0. The molecule has 0 saturated heterocycles. The van der Waals surface area contributed by atoms with Crippen LogP contribution in [0.4, 0.5) is 0 Å². The predicted octanol–water partition coefficient (Wildman–Crippen LogP) is 0.680. The average molecular weight is 220 g/mol. The monoisotopic (exact) mass is 220 g/mol. The molecule has 0 aromatic carbocycles. The second-order valence-electron chi connectivity index (χ2n) is 3.18. The number of aliphatic hydroxyl groups excluding tert-OH is 1. The lowest BCUT2D eigenvalue weighted by Gasteiger charge is -2.09. The summed E-state index contributed by atoms with van der Waals surface area (Å²) in [5.74, 6) is 0.627. The molecule has 84 valence electrons. The Bertz CT molecular complexity index is 444. The molecule has 16 heavy (non-hydrogen) atoms. The fourth-order valence-corrected chi connectivity index (χ4v) is 1.34. The van der Waals surface area contributed by atoms with Crippen molar-refractivity contribution in [2.75, 3.05) is 6.61 Å². The number of pyridine rings is 1. The summed E-state index contributed by atoms with van der Waals surface area (Å²) in [6.45, 7) is 2.45. The number of hydrogen-bond acceptors (Lipinski definition) is 5. The molecular weight excluding hydrogens is 208 g/mol. The van der Waals surface area contributed by atoms with Crippen LogP contribution in [-0.2, 0) is 0 Å². The van der Waals surface area contributed by atoms with Crippen LogP contribution < -0.4 is 4.74 Å². The maximum Gasteiger partial charge on any atom is 0.137 e. The molecule has 0 radical (unpaired) electrons. The van der Waals surface area contributed by atoms with Crippen LogP contribution in [0.25, 0.3) is 0 Å². The quantitative estimate of drug-likeness (QED) is 0.791. The van der Waals surface area contributed by atoms with E-state index in [2.05, 4.69) is 20.4 Å². The van der Waals surface area contributed by atoms with Gasteiger partial charge in [0, 0.05) is 11.8 Å². The van der Waals surface area contributed by atoms with E-state index < -0.39 is 6.10 Å². The summed E-state index contributed by atoms with van der Waals surface area (Å²) in [7, 11) is 0. The third-order valence-corrected chi connectivity index (χ3v) is 2.07. The van der Waals surface area contributed by atoms with Crippen molar-refractivity contribution in [2.45, 2.75) is 13.0 Å². The van der Waals surface area contributed by atoms with E-state index in [1.54, 1.807) is 18.5 Å². The summed E-state index contributed by atoms with van der Waals surface area (Å²) in [5.41, 5.74) is 1.08. The Morgan fingerprint density at radius 2 is 2.31 bits per heavy atom. The molecule has 1 unspecified atom stereocenters. The van der Waals surface area contributed by atoms with Crippen molar-refractivity contribution < 1.29 is 9.84 Å². The highest BCUT2D eigenvalue weighted by Gasteiger charge is 2.14. The van der Waals surface area contributed by atoms with Crippen molar-refractivity contribution in [1.82, 2.24) is 20.4 Å². The first-order valence-corrected chi connectivity index (χ1v) is 4.92. The first kappa shape index (κ1) is 10.6. The molecule has 2 aromatic heterocycles. The summed E-state index contributed by atoms with van der Waals surface area (Å²) in [6.07, 6.45) is 3.80. The molecule has 2 heterocycles. The zero-order valence-electron chi connectivity index (χ0n) is 8.79. The number of hydrogen-bond donors (Lipinski definition) is 2. The van der Waals surface area contributed by atoms with Gasteiger partial charge in [-0.15, -0.1) is 0 Å². The maximum absolute atomic E-state index is 9.96. The molecule has 0 aliphatic rings. The SMILES string of the molecule is CCOc1cncc(C(O)c2cn[nH]n2)c1. The summed E-state index contributed by atoms with van der Waals surface area (Å²) < 4.78 is 5.30. The zero-order valence-corrected chi connectivity index (χ0v) is 8.79. The van der Waals surface area contributed by atoms with Gasteiger partial charge in [-0.3, -0.25) is 4.98 Å². The minimum atomic E-state index is -0.841. The average Bonchev–Trinajstić information content (AvgIpc) is 2.82. The van der Waals surface area contributed by atoms with Crippen LogP contribution >= 0.6 is 0 Å². The van der Waals surface area contributed by atoms with Crippen molar-refractivity contribution in [3.8, 4) is 5.75 Å². The van der Waals surface area contributed by atoms with Gasteiger partial charge < -0.3 is 9.84 Å². The number of rotatable bonds is 4. The minimum absolute atomic E-state index is 0.454. The predicted molar refractivity (Wildman–Crippen MR) is 55.9 cm³/mol. The van der Waals surface area contributed by atoms with Gasteiger partial charge in [-0.05, 0) is 13.0 Å². The number of aliphatic hydroxyl groups is 1. The third kappa shape index (κ3) is 2.17. The third-order valence-electron chi connectivity index (χ3n) is 2.07. The summed E-state index contributed by atoms with van der Waals surface area (Å²) in [4.78, 5) is 3.99. The highest BCUT2D eigenvalue weighted by atomic mass is 16.5. The molecule has 1 atom stereocenters. The molecule has 2 N–H and O–H groups in total. The van der Waals surface area contributed by atoms with E-state index in [-0.39, 0.29) is 0 Å². The lowest BCUT2D eigenvalue weighted by Crippen LogP contribution is -2.02. The van der Waals surface area contributed by atoms with E-state index in [0.717, 1.165) is 0 Å². The normalized spacial score (nSPS) is 12.4. The van der Waals surface area contributed by atoms with Gasteiger partial charge in [0.05, 0.1) is 19.0 Å². The highest BCUT2D eigenvalue weighted by molar-refractivity contribution is 5.28. The Balaban J connectivity index is 2.23. The Morgan fingerprint density at radius 3 is 3.00 bits per heavy atom. The number of ether oxygens (including phenoxy) is 1. The Labute approximate surface area is 92.3 Å². The van der Waals surface area contributed by atoms with Crippen LogP contribution in [0.2, 0.25) is 0 Å². The Kier molecular flexibility index (Phi) is 3.11. The minimum Gasteiger partial charge on any atom is -0.492 e. The molecule has 2 rings (SSSR count). The van der Waals surface area contributed by atoms with Gasteiger partial charge in [0.1, 0.15) is 17.5 Å². The lowest BCUT2D eigenvalue weighted by molar-refractivity contribution is 0.214. The molecule has 2 aromatic rings. The smallest absolute Gasteiger partial charge is 0.137 e. The van der Waals surface area contributed by atoms with Crippen LogP contribution in [0.1, 0.15) is 24.3 Å². The van der Waals surface area contributed by atoms with Crippen LogP contribution in [0.5, 0.6) is 5.75 Å². The highest BCUT2D eigenvalue weighted by Crippen LogP contribution is 2.21. The van der Waals surface area contributed by atoms with E-state index in [0.29, 0.717) is 23.6 Å². The zero-order chi connectivity index (χ0) is 11.4. The van der Waals surface area contributed by atoms with Gasteiger partial charge >= 0.3 is 0 Å². The van der Waals surface area contributed by atoms with Crippen molar-refractivity contribution in [3.05, 3.63) is 35.9 Å². The number of nitrogens with one attached hydrogen (secondary N) is 1. The number of aromatic nitrogens is 4. The van der Waals surface area contributed by atoms with Gasteiger partial charge in [-0.2, -0.15) is 15.4 Å². The van der Waals surface area contributed by atoms with E-state index in [9.17, 15) is 5.11 Å². The fourth-order valence-electron chi connectivity index (χ4n) is 1.34. The number of H-pyrrole nitrogens is 1. The molecule has 0 aliphatic carbocycles. The van der Waals surface area contributed by atoms with Gasteiger partial charge in [0.25, 0.3) is 0 Å². The maximum atomic E-state index is 9.96. The number of aromatic amines is 1. The van der Waals surface area contributed by atoms with Crippen LogP contribution in [0.15, 0.2) is 24.7 Å². The van der Waals surface area contributed by atoms with Crippen LogP contribution in [0, 0.1) is 0 Å². The topological polar surface area (TPSA) is 83.9 Å². The van der Waals surface area contributed by atoms with Gasteiger partial charge in [0.2, 0.25) is 0 Å². The van der Waals surface area contributed by atoms with E-state index in [1.807, 2.05) is 6.92 Å². The van der Waals surface area contributed by atoms with Crippen molar-refractivity contribution in [1.29, 1.82) is 0 Å². The van der Waals surface area contributed by atoms with Crippen molar-refractivity contribution in [2.24, 2.45) is 0 Å². The molecule has 0 fully saturated rings. The summed E-state index contributed by atoms with van der Waals surface area (Å²) in [5, 5.41) is 19.9. The molecular formula is C10H12N4O2. The molecule has 0 bridgehead atoms. The molecule has 0 saturated carbocycles. The lowest BCUT2D eigenvalue weighted by atomic mass is 10.1. The molecule has 6 heteroatoms.